The fraction of sp³-hybridized carbons (Fsp3) is 0.400. The standard InChI is InChI=1S/C25H32ClN3O2/c1-4-29(5-2)24(31)14-19-9-7-11-22-20(15-28-25(19)22)12-17(3)27-16-23(30)18-8-6-10-21(26)13-18/h6-11,13,15,17,23,27-28,30H,4-5,12,14,16H2,1-3H3/t17-,23-/m1/s1. The van der Waals surface area contributed by atoms with E-state index in [9.17, 15) is 9.90 Å². The van der Waals surface area contributed by atoms with E-state index in [4.69, 9.17) is 11.6 Å². The summed E-state index contributed by atoms with van der Waals surface area (Å²) in [5.74, 6) is 0.152. The van der Waals surface area contributed by atoms with Gasteiger partial charge in [0.15, 0.2) is 0 Å². The highest BCUT2D eigenvalue weighted by Gasteiger charge is 2.16. The topological polar surface area (TPSA) is 68.4 Å². The molecule has 6 heteroatoms. The molecule has 1 amide bonds. The van der Waals surface area contributed by atoms with Gasteiger partial charge < -0.3 is 20.3 Å². The van der Waals surface area contributed by atoms with Gasteiger partial charge in [-0.2, -0.15) is 0 Å². The van der Waals surface area contributed by atoms with E-state index in [-0.39, 0.29) is 11.9 Å². The van der Waals surface area contributed by atoms with Gasteiger partial charge in [0.05, 0.1) is 12.5 Å². The minimum Gasteiger partial charge on any atom is -0.387 e. The maximum absolute atomic E-state index is 12.6. The monoisotopic (exact) mass is 441 g/mol. The van der Waals surface area contributed by atoms with E-state index in [0.29, 0.717) is 18.0 Å². The molecule has 3 rings (SSSR count). The van der Waals surface area contributed by atoms with Crippen molar-refractivity contribution in [3.63, 3.8) is 0 Å². The van der Waals surface area contributed by atoms with Gasteiger partial charge in [0.1, 0.15) is 0 Å². The van der Waals surface area contributed by atoms with Crippen molar-refractivity contribution in [3.8, 4) is 0 Å². The van der Waals surface area contributed by atoms with Crippen LogP contribution in [0.2, 0.25) is 5.02 Å². The Balaban J connectivity index is 1.64. The number of nitrogens with zero attached hydrogens (tertiary/aromatic N) is 1. The van der Waals surface area contributed by atoms with Crippen molar-refractivity contribution in [2.24, 2.45) is 0 Å². The number of para-hydroxylation sites is 1. The lowest BCUT2D eigenvalue weighted by atomic mass is 10.0. The van der Waals surface area contributed by atoms with Gasteiger partial charge >= 0.3 is 0 Å². The van der Waals surface area contributed by atoms with Crippen LogP contribution >= 0.6 is 11.6 Å². The van der Waals surface area contributed by atoms with Gasteiger partial charge in [-0.15, -0.1) is 0 Å². The summed E-state index contributed by atoms with van der Waals surface area (Å²) < 4.78 is 0. The number of halogens is 1. The van der Waals surface area contributed by atoms with Crippen molar-refractivity contribution in [3.05, 3.63) is 70.4 Å². The number of nitrogens with one attached hydrogen (secondary N) is 2. The second-order valence-electron chi connectivity index (χ2n) is 7.98. The summed E-state index contributed by atoms with van der Waals surface area (Å²) in [4.78, 5) is 17.8. The van der Waals surface area contributed by atoms with Crippen molar-refractivity contribution in [1.29, 1.82) is 0 Å². The lowest BCUT2D eigenvalue weighted by Crippen LogP contribution is -2.32. The molecule has 0 aliphatic carbocycles. The van der Waals surface area contributed by atoms with Crippen molar-refractivity contribution < 1.29 is 9.90 Å². The first-order chi connectivity index (χ1) is 14.9. The second kappa shape index (κ2) is 10.8. The predicted octanol–water partition coefficient (Wildman–Crippen LogP) is 4.49. The van der Waals surface area contributed by atoms with Crippen molar-refractivity contribution in [2.75, 3.05) is 19.6 Å². The summed E-state index contributed by atoms with van der Waals surface area (Å²) in [7, 11) is 0. The molecule has 0 spiro atoms. The van der Waals surface area contributed by atoms with Crippen molar-refractivity contribution in [2.45, 2.75) is 45.8 Å². The molecule has 0 unspecified atom stereocenters. The molecule has 0 saturated heterocycles. The van der Waals surface area contributed by atoms with Gasteiger partial charge in [-0.1, -0.05) is 41.9 Å². The molecular weight excluding hydrogens is 410 g/mol. The average Bonchev–Trinajstić information content (AvgIpc) is 3.16. The molecule has 0 aliphatic heterocycles. The Kier molecular flexibility index (Phi) is 8.13. The van der Waals surface area contributed by atoms with Gasteiger partial charge in [0, 0.05) is 47.8 Å². The number of H-pyrrole nitrogens is 1. The number of benzene rings is 2. The molecule has 31 heavy (non-hydrogen) atoms. The Morgan fingerprint density at radius 2 is 1.90 bits per heavy atom. The lowest BCUT2D eigenvalue weighted by molar-refractivity contribution is -0.130. The summed E-state index contributed by atoms with van der Waals surface area (Å²) >= 11 is 6.02. The van der Waals surface area contributed by atoms with Crippen molar-refractivity contribution in [1.82, 2.24) is 15.2 Å². The number of aromatic amines is 1. The number of amides is 1. The van der Waals surface area contributed by atoms with Crippen LogP contribution in [0.25, 0.3) is 10.9 Å². The maximum Gasteiger partial charge on any atom is 0.227 e. The lowest BCUT2D eigenvalue weighted by Gasteiger charge is -2.19. The number of rotatable bonds is 10. The van der Waals surface area contributed by atoms with E-state index < -0.39 is 6.10 Å². The molecule has 2 atom stereocenters. The van der Waals surface area contributed by atoms with Crippen LogP contribution < -0.4 is 5.32 Å². The number of carbonyl (C=O) groups excluding carboxylic acids is 1. The normalized spacial score (nSPS) is 13.3. The quantitative estimate of drug-likeness (QED) is 0.434. The summed E-state index contributed by atoms with van der Waals surface area (Å²) in [5.41, 5.74) is 4.06. The Morgan fingerprint density at radius 1 is 1.16 bits per heavy atom. The Bertz CT molecular complexity index is 1010. The molecule has 166 valence electrons. The molecule has 0 bridgehead atoms. The first-order valence-corrected chi connectivity index (χ1v) is 11.3. The van der Waals surface area contributed by atoms with Gasteiger partial charge in [0.25, 0.3) is 0 Å². The first-order valence-electron chi connectivity index (χ1n) is 10.9. The molecule has 0 saturated carbocycles. The van der Waals surface area contributed by atoms with Crippen LogP contribution in [-0.2, 0) is 17.6 Å². The number of aliphatic hydroxyl groups is 1. The van der Waals surface area contributed by atoms with Crippen LogP contribution in [-0.4, -0.2) is 46.6 Å². The molecular formula is C25H32ClN3O2. The second-order valence-corrected chi connectivity index (χ2v) is 8.42. The van der Waals surface area contributed by atoms with E-state index in [0.717, 1.165) is 41.5 Å². The fourth-order valence-corrected chi connectivity index (χ4v) is 4.19. The van der Waals surface area contributed by atoms with Crippen LogP contribution in [0, 0.1) is 0 Å². The van der Waals surface area contributed by atoms with E-state index in [1.54, 1.807) is 12.1 Å². The molecule has 2 aromatic carbocycles. The number of aromatic nitrogens is 1. The zero-order valence-electron chi connectivity index (χ0n) is 18.5. The number of carbonyl (C=O) groups is 1. The van der Waals surface area contributed by atoms with Gasteiger partial charge in [0.2, 0.25) is 5.91 Å². The third-order valence-corrected chi connectivity index (χ3v) is 6.00. The zero-order valence-corrected chi connectivity index (χ0v) is 19.2. The predicted molar refractivity (Wildman–Crippen MR) is 128 cm³/mol. The molecule has 0 aliphatic rings. The number of hydrogen-bond donors (Lipinski definition) is 3. The van der Waals surface area contributed by atoms with Crippen LogP contribution in [0.1, 0.15) is 43.6 Å². The smallest absolute Gasteiger partial charge is 0.227 e. The van der Waals surface area contributed by atoms with Gasteiger partial charge in [-0.3, -0.25) is 4.79 Å². The molecule has 1 aromatic heterocycles. The summed E-state index contributed by atoms with van der Waals surface area (Å²) in [6.07, 6.45) is 2.64. The minimum atomic E-state index is -0.609. The number of fused-ring (bicyclic) bond motifs is 1. The largest absolute Gasteiger partial charge is 0.387 e. The van der Waals surface area contributed by atoms with Crippen LogP contribution in [0.5, 0.6) is 0 Å². The average molecular weight is 442 g/mol. The molecule has 0 radical (unpaired) electrons. The minimum absolute atomic E-state index is 0.152. The molecule has 0 fully saturated rings. The number of hydrogen-bond acceptors (Lipinski definition) is 3. The van der Waals surface area contributed by atoms with Crippen LogP contribution in [0.4, 0.5) is 0 Å². The summed E-state index contributed by atoms with van der Waals surface area (Å²) in [6.45, 7) is 8.03. The first kappa shape index (κ1) is 23.3. The number of aliphatic hydroxyl groups excluding tert-OH is 1. The summed E-state index contributed by atoms with van der Waals surface area (Å²) in [6, 6.07) is 13.6. The molecule has 5 nitrogen and oxygen atoms in total. The van der Waals surface area contributed by atoms with Crippen LogP contribution in [0.3, 0.4) is 0 Å². The molecule has 3 aromatic rings. The highest BCUT2D eigenvalue weighted by molar-refractivity contribution is 6.30. The zero-order chi connectivity index (χ0) is 22.4. The highest BCUT2D eigenvalue weighted by atomic mass is 35.5. The SMILES string of the molecule is CCN(CC)C(=O)Cc1cccc2c(C[C@@H](C)NC[C@@H](O)c3cccc(Cl)c3)c[nH]c12. The van der Waals surface area contributed by atoms with Gasteiger partial charge in [-0.05, 0) is 56.0 Å². The van der Waals surface area contributed by atoms with E-state index in [2.05, 4.69) is 23.3 Å². The molecule has 1 heterocycles. The van der Waals surface area contributed by atoms with Gasteiger partial charge in [-0.25, -0.2) is 0 Å². The Morgan fingerprint density at radius 3 is 2.61 bits per heavy atom. The molecule has 3 N–H and O–H groups in total. The van der Waals surface area contributed by atoms with Crippen LogP contribution in [0.15, 0.2) is 48.7 Å². The van der Waals surface area contributed by atoms with E-state index >= 15 is 0 Å². The Hall–Kier alpha value is -2.34. The Labute approximate surface area is 189 Å². The van der Waals surface area contributed by atoms with E-state index in [1.165, 1.54) is 5.56 Å². The van der Waals surface area contributed by atoms with E-state index in [1.807, 2.05) is 49.2 Å². The third-order valence-electron chi connectivity index (χ3n) is 5.76. The van der Waals surface area contributed by atoms with Crippen molar-refractivity contribution >= 4 is 28.4 Å². The highest BCUT2D eigenvalue weighted by Crippen LogP contribution is 2.24. The maximum atomic E-state index is 12.6. The fourth-order valence-electron chi connectivity index (χ4n) is 3.99. The third kappa shape index (κ3) is 5.88. The number of likely N-dealkylation sites (N-methyl/N-ethyl adjacent to an activating group) is 1. The summed E-state index contributed by atoms with van der Waals surface area (Å²) in [5, 5.41) is 15.6.